The van der Waals surface area contributed by atoms with Crippen molar-refractivity contribution in [2.24, 2.45) is 11.8 Å². The van der Waals surface area contributed by atoms with Gasteiger partial charge >= 0.3 is 5.97 Å². The summed E-state index contributed by atoms with van der Waals surface area (Å²) in [5, 5.41) is 0. The second-order valence-electron chi connectivity index (χ2n) is 5.01. The van der Waals surface area contributed by atoms with Gasteiger partial charge in [0.05, 0.1) is 7.11 Å². The molecular weight excluding hydrogens is 242 g/mol. The van der Waals surface area contributed by atoms with Crippen LogP contribution in [0.2, 0.25) is 0 Å². The lowest BCUT2D eigenvalue weighted by atomic mass is 10.1. The Bertz CT molecular complexity index is 345. The lowest BCUT2D eigenvalue weighted by molar-refractivity contribution is -0.134. The molecule has 0 rings (SSSR count). The molecule has 1 unspecified atom stereocenters. The van der Waals surface area contributed by atoms with Gasteiger partial charge in [-0.05, 0) is 24.3 Å². The smallest absolute Gasteiger partial charge is 0.330 e. The molecule has 0 aliphatic rings. The number of allylic oxidation sites excluding steroid dienone is 2. The average molecular weight is 267 g/mol. The zero-order valence-electron chi connectivity index (χ0n) is 12.6. The number of rotatable bonds is 7. The van der Waals surface area contributed by atoms with E-state index in [-0.39, 0.29) is 17.8 Å². The van der Waals surface area contributed by atoms with Crippen molar-refractivity contribution < 1.29 is 14.3 Å². The molecule has 1 amide bonds. The molecule has 108 valence electrons. The first-order valence-corrected chi connectivity index (χ1v) is 6.56. The zero-order chi connectivity index (χ0) is 14.8. The quantitative estimate of drug-likeness (QED) is 0.525. The van der Waals surface area contributed by atoms with Crippen LogP contribution < -0.4 is 0 Å². The van der Waals surface area contributed by atoms with E-state index in [4.69, 9.17) is 0 Å². The Morgan fingerprint density at radius 2 is 1.79 bits per heavy atom. The van der Waals surface area contributed by atoms with Crippen molar-refractivity contribution in [3.05, 3.63) is 24.3 Å². The zero-order valence-corrected chi connectivity index (χ0v) is 12.6. The number of amides is 1. The van der Waals surface area contributed by atoms with Gasteiger partial charge in [-0.15, -0.1) is 0 Å². The van der Waals surface area contributed by atoms with E-state index in [0.717, 1.165) is 6.42 Å². The van der Waals surface area contributed by atoms with Gasteiger partial charge in [-0.3, -0.25) is 4.79 Å². The Kier molecular flexibility index (Phi) is 8.58. The lowest BCUT2D eigenvalue weighted by Gasteiger charge is -2.16. The van der Waals surface area contributed by atoms with Gasteiger partial charge in [0.1, 0.15) is 0 Å². The predicted molar refractivity (Wildman–Crippen MR) is 76.6 cm³/mol. The molecule has 19 heavy (non-hydrogen) atoms. The molecule has 0 saturated heterocycles. The molecule has 0 aliphatic heterocycles. The SMILES string of the molecule is COC(=O)C=CC(C)CCN(C)C(=O)/C=C/C(C)C. The van der Waals surface area contributed by atoms with E-state index in [1.807, 2.05) is 26.8 Å². The second kappa shape index (κ2) is 9.36. The third-order valence-electron chi connectivity index (χ3n) is 2.68. The minimum Gasteiger partial charge on any atom is -0.466 e. The van der Waals surface area contributed by atoms with Gasteiger partial charge in [0, 0.05) is 19.7 Å². The van der Waals surface area contributed by atoms with E-state index >= 15 is 0 Å². The van der Waals surface area contributed by atoms with Crippen LogP contribution in [0.3, 0.4) is 0 Å². The Morgan fingerprint density at radius 3 is 2.32 bits per heavy atom. The molecular formula is C15H25NO3. The van der Waals surface area contributed by atoms with Gasteiger partial charge in [-0.2, -0.15) is 0 Å². The van der Waals surface area contributed by atoms with E-state index in [2.05, 4.69) is 4.74 Å². The molecule has 0 bridgehead atoms. The van der Waals surface area contributed by atoms with Crippen LogP contribution in [0.25, 0.3) is 0 Å². The van der Waals surface area contributed by atoms with Crippen LogP contribution in [-0.4, -0.2) is 37.5 Å². The molecule has 0 heterocycles. The van der Waals surface area contributed by atoms with Crippen molar-refractivity contribution in [2.45, 2.75) is 27.2 Å². The molecule has 4 heteroatoms. The Labute approximate surface area is 116 Å². The Morgan fingerprint density at radius 1 is 1.16 bits per heavy atom. The van der Waals surface area contributed by atoms with Gasteiger partial charge in [0.15, 0.2) is 0 Å². The fourth-order valence-corrected chi connectivity index (χ4v) is 1.32. The summed E-state index contributed by atoms with van der Waals surface area (Å²) >= 11 is 0. The Balaban J connectivity index is 4.08. The number of hydrogen-bond acceptors (Lipinski definition) is 3. The Hall–Kier alpha value is -1.58. The predicted octanol–water partition coefficient (Wildman–Crippen LogP) is 2.41. The highest BCUT2D eigenvalue weighted by Gasteiger charge is 2.07. The third-order valence-corrected chi connectivity index (χ3v) is 2.68. The topological polar surface area (TPSA) is 46.6 Å². The van der Waals surface area contributed by atoms with E-state index in [9.17, 15) is 9.59 Å². The number of ether oxygens (including phenoxy) is 1. The van der Waals surface area contributed by atoms with Crippen LogP contribution in [0.15, 0.2) is 24.3 Å². The minimum absolute atomic E-state index is 0.0119. The number of carbonyl (C=O) groups excluding carboxylic acids is 2. The number of carbonyl (C=O) groups is 2. The van der Waals surface area contributed by atoms with Gasteiger partial charge in [0.25, 0.3) is 0 Å². The third kappa shape index (κ3) is 9.05. The second-order valence-corrected chi connectivity index (χ2v) is 5.01. The van der Waals surface area contributed by atoms with Crippen LogP contribution in [0.1, 0.15) is 27.2 Å². The standard InChI is InChI=1S/C15H25NO3/c1-12(2)6-8-14(17)16(4)11-10-13(3)7-9-15(18)19-5/h6-9,12-13H,10-11H2,1-5H3/b8-6+,9-7?. The maximum absolute atomic E-state index is 11.7. The molecule has 0 saturated carbocycles. The first-order chi connectivity index (χ1) is 8.86. The molecule has 0 aromatic heterocycles. The molecule has 0 fully saturated rings. The number of esters is 1. The van der Waals surface area contributed by atoms with Gasteiger partial charge in [-0.1, -0.05) is 32.9 Å². The molecule has 0 spiro atoms. The van der Waals surface area contributed by atoms with Crippen LogP contribution >= 0.6 is 0 Å². The summed E-state index contributed by atoms with van der Waals surface area (Å²) in [5.74, 6) is 0.261. The van der Waals surface area contributed by atoms with Crippen LogP contribution in [0.4, 0.5) is 0 Å². The van der Waals surface area contributed by atoms with Crippen LogP contribution in [0, 0.1) is 11.8 Å². The van der Waals surface area contributed by atoms with Gasteiger partial charge in [0.2, 0.25) is 5.91 Å². The fraction of sp³-hybridized carbons (Fsp3) is 0.600. The molecule has 0 aromatic carbocycles. The number of methoxy groups -OCH3 is 1. The molecule has 0 aromatic rings. The van der Waals surface area contributed by atoms with Crippen LogP contribution in [0.5, 0.6) is 0 Å². The summed E-state index contributed by atoms with van der Waals surface area (Å²) < 4.78 is 4.52. The molecule has 4 nitrogen and oxygen atoms in total. The number of likely N-dealkylation sites (N-methyl/N-ethyl adjacent to an activating group) is 1. The number of nitrogens with zero attached hydrogens (tertiary/aromatic N) is 1. The van der Waals surface area contributed by atoms with E-state index < -0.39 is 0 Å². The highest BCUT2D eigenvalue weighted by molar-refractivity contribution is 5.87. The lowest BCUT2D eigenvalue weighted by Crippen LogP contribution is -2.26. The van der Waals surface area contributed by atoms with Crippen molar-refractivity contribution in [2.75, 3.05) is 20.7 Å². The van der Waals surface area contributed by atoms with Crippen molar-refractivity contribution in [1.82, 2.24) is 4.90 Å². The maximum Gasteiger partial charge on any atom is 0.330 e. The summed E-state index contributed by atoms with van der Waals surface area (Å²) in [7, 11) is 3.13. The molecule has 0 N–H and O–H groups in total. The van der Waals surface area contributed by atoms with E-state index in [1.165, 1.54) is 13.2 Å². The van der Waals surface area contributed by atoms with Gasteiger partial charge in [-0.25, -0.2) is 4.79 Å². The van der Waals surface area contributed by atoms with Gasteiger partial charge < -0.3 is 9.64 Å². The summed E-state index contributed by atoms with van der Waals surface area (Å²) in [6, 6.07) is 0. The van der Waals surface area contributed by atoms with Crippen molar-refractivity contribution in [1.29, 1.82) is 0 Å². The summed E-state index contributed by atoms with van der Waals surface area (Å²) in [6.07, 6.45) is 7.53. The largest absolute Gasteiger partial charge is 0.466 e. The molecule has 1 atom stereocenters. The maximum atomic E-state index is 11.7. The number of hydrogen-bond donors (Lipinski definition) is 0. The highest BCUT2D eigenvalue weighted by Crippen LogP contribution is 2.05. The summed E-state index contributed by atoms with van der Waals surface area (Å²) in [4.78, 5) is 24.3. The summed E-state index contributed by atoms with van der Waals surface area (Å²) in [6.45, 7) is 6.72. The van der Waals surface area contributed by atoms with E-state index in [1.54, 1.807) is 24.1 Å². The van der Waals surface area contributed by atoms with Crippen molar-refractivity contribution in [3.63, 3.8) is 0 Å². The van der Waals surface area contributed by atoms with Crippen molar-refractivity contribution >= 4 is 11.9 Å². The molecule has 0 radical (unpaired) electrons. The first-order valence-electron chi connectivity index (χ1n) is 6.56. The molecule has 0 aliphatic carbocycles. The normalized spacial score (nSPS) is 13.2. The first kappa shape index (κ1) is 17.4. The highest BCUT2D eigenvalue weighted by atomic mass is 16.5. The minimum atomic E-state index is -0.351. The van der Waals surface area contributed by atoms with Crippen molar-refractivity contribution in [3.8, 4) is 0 Å². The van der Waals surface area contributed by atoms with E-state index in [0.29, 0.717) is 12.5 Å². The summed E-state index contributed by atoms with van der Waals surface area (Å²) in [5.41, 5.74) is 0. The fourth-order valence-electron chi connectivity index (χ4n) is 1.32. The monoisotopic (exact) mass is 267 g/mol. The average Bonchev–Trinajstić information content (AvgIpc) is 2.38. The van der Waals surface area contributed by atoms with Crippen LogP contribution in [-0.2, 0) is 14.3 Å².